The predicted molar refractivity (Wildman–Crippen MR) is 77.4 cm³/mol. The van der Waals surface area contributed by atoms with Crippen LogP contribution in [-0.4, -0.2) is 40.9 Å². The molecule has 1 aromatic rings. The minimum Gasteiger partial charge on any atom is -0.481 e. The lowest BCUT2D eigenvalue weighted by atomic mass is 9.99. The van der Waals surface area contributed by atoms with Crippen LogP contribution in [-0.2, 0) is 4.79 Å². The third-order valence-electron chi connectivity index (χ3n) is 3.60. The summed E-state index contributed by atoms with van der Waals surface area (Å²) < 4.78 is 0. The van der Waals surface area contributed by atoms with E-state index in [1.807, 2.05) is 0 Å². The van der Waals surface area contributed by atoms with Crippen molar-refractivity contribution >= 4 is 23.5 Å². The van der Waals surface area contributed by atoms with Crippen molar-refractivity contribution in [2.75, 3.05) is 18.4 Å². The van der Waals surface area contributed by atoms with E-state index in [1.165, 1.54) is 11.8 Å². The summed E-state index contributed by atoms with van der Waals surface area (Å²) >= 11 is 0. The maximum atomic E-state index is 12.1. The van der Waals surface area contributed by atoms with Gasteiger partial charge in [0.25, 0.3) is 0 Å². The normalized spacial score (nSPS) is 18.1. The number of aliphatic carboxylic acids is 1. The number of rotatable bonds is 3. The summed E-state index contributed by atoms with van der Waals surface area (Å²) in [4.78, 5) is 35.8. The number of carboxylic acid groups (broad SMARTS) is 1. The zero-order valence-electron chi connectivity index (χ0n) is 11.8. The smallest absolute Gasteiger partial charge is 0.321 e. The zero-order chi connectivity index (χ0) is 15.4. The number of carbonyl (C=O) groups excluding carboxylic acids is 2. The molecule has 112 valence electrons. The fraction of sp³-hybridized carbons (Fsp3) is 0.400. The summed E-state index contributed by atoms with van der Waals surface area (Å²) in [6, 6.07) is 6.31. The highest BCUT2D eigenvalue weighted by atomic mass is 16.4. The molecule has 0 radical (unpaired) electrons. The number of nitrogens with zero attached hydrogens (tertiary/aromatic N) is 1. The van der Waals surface area contributed by atoms with Crippen molar-refractivity contribution in [3.05, 3.63) is 29.8 Å². The fourth-order valence-electron chi connectivity index (χ4n) is 2.35. The highest BCUT2D eigenvalue weighted by Gasteiger charge is 2.28. The van der Waals surface area contributed by atoms with Crippen LogP contribution in [0.4, 0.5) is 10.5 Å². The monoisotopic (exact) mass is 290 g/mol. The van der Waals surface area contributed by atoms with Gasteiger partial charge in [-0.15, -0.1) is 0 Å². The molecule has 0 spiro atoms. The van der Waals surface area contributed by atoms with E-state index in [1.54, 1.807) is 24.3 Å². The van der Waals surface area contributed by atoms with Crippen LogP contribution >= 0.6 is 0 Å². The Labute approximate surface area is 122 Å². The lowest BCUT2D eigenvalue weighted by Crippen LogP contribution is -2.44. The van der Waals surface area contributed by atoms with Crippen molar-refractivity contribution in [3.63, 3.8) is 0 Å². The van der Waals surface area contributed by atoms with Gasteiger partial charge in [0.05, 0.1) is 5.92 Å². The SMILES string of the molecule is CC(=O)c1ccc(NC(=O)N2CCC[C@@H](C(=O)O)C2)cc1. The Morgan fingerprint density at radius 2 is 1.90 bits per heavy atom. The van der Waals surface area contributed by atoms with Crippen LogP contribution in [0.25, 0.3) is 0 Å². The minimum atomic E-state index is -0.863. The molecule has 2 N–H and O–H groups in total. The molecule has 1 atom stereocenters. The molecular formula is C15H18N2O4. The van der Waals surface area contributed by atoms with Crippen molar-refractivity contribution in [2.45, 2.75) is 19.8 Å². The van der Waals surface area contributed by atoms with E-state index in [0.29, 0.717) is 30.6 Å². The second kappa shape index (κ2) is 6.39. The topological polar surface area (TPSA) is 86.7 Å². The largest absolute Gasteiger partial charge is 0.481 e. The number of nitrogens with one attached hydrogen (secondary N) is 1. The van der Waals surface area contributed by atoms with Crippen molar-refractivity contribution in [1.82, 2.24) is 4.90 Å². The van der Waals surface area contributed by atoms with Crippen molar-refractivity contribution in [2.24, 2.45) is 5.92 Å². The number of benzene rings is 1. The average molecular weight is 290 g/mol. The summed E-state index contributed by atoms with van der Waals surface area (Å²) in [7, 11) is 0. The number of anilines is 1. The van der Waals surface area contributed by atoms with Gasteiger partial charge in [0.1, 0.15) is 0 Å². The van der Waals surface area contributed by atoms with Gasteiger partial charge in [-0.1, -0.05) is 0 Å². The number of likely N-dealkylation sites (tertiary alicyclic amines) is 1. The number of ketones is 1. The maximum absolute atomic E-state index is 12.1. The quantitative estimate of drug-likeness (QED) is 0.836. The first-order chi connectivity index (χ1) is 9.97. The summed E-state index contributed by atoms with van der Waals surface area (Å²) in [5, 5.41) is 11.7. The highest BCUT2D eigenvalue weighted by Crippen LogP contribution is 2.18. The van der Waals surface area contributed by atoms with Gasteiger partial charge < -0.3 is 15.3 Å². The predicted octanol–water partition coefficient (Wildman–Crippen LogP) is 2.22. The van der Waals surface area contributed by atoms with Crippen molar-refractivity contribution in [3.8, 4) is 0 Å². The Hall–Kier alpha value is -2.37. The van der Waals surface area contributed by atoms with E-state index in [2.05, 4.69) is 5.32 Å². The van der Waals surface area contributed by atoms with Gasteiger partial charge in [-0.05, 0) is 44.0 Å². The molecule has 1 aromatic carbocycles. The van der Waals surface area contributed by atoms with Crippen LogP contribution in [0.1, 0.15) is 30.1 Å². The number of carboxylic acids is 1. The molecule has 0 saturated carbocycles. The second-order valence-corrected chi connectivity index (χ2v) is 5.19. The van der Waals surface area contributed by atoms with Crippen LogP contribution in [0, 0.1) is 5.92 Å². The first-order valence-corrected chi connectivity index (χ1v) is 6.87. The molecule has 1 fully saturated rings. The van der Waals surface area contributed by atoms with Crippen LogP contribution in [0.2, 0.25) is 0 Å². The number of amides is 2. The first-order valence-electron chi connectivity index (χ1n) is 6.87. The molecule has 21 heavy (non-hydrogen) atoms. The highest BCUT2D eigenvalue weighted by molar-refractivity contribution is 5.95. The number of hydrogen-bond donors (Lipinski definition) is 2. The molecule has 6 heteroatoms. The number of Topliss-reactive ketones (excluding diaryl/α,β-unsaturated/α-hetero) is 1. The molecule has 2 rings (SSSR count). The Morgan fingerprint density at radius 1 is 1.24 bits per heavy atom. The van der Waals surface area contributed by atoms with Crippen LogP contribution < -0.4 is 5.32 Å². The van der Waals surface area contributed by atoms with E-state index >= 15 is 0 Å². The van der Waals surface area contributed by atoms with Crippen molar-refractivity contribution < 1.29 is 19.5 Å². The Balaban J connectivity index is 1.97. The average Bonchev–Trinajstić information content (AvgIpc) is 2.48. The molecule has 1 saturated heterocycles. The third kappa shape index (κ3) is 3.81. The molecule has 6 nitrogen and oxygen atoms in total. The number of piperidine rings is 1. The number of carbonyl (C=O) groups is 3. The molecule has 0 aliphatic carbocycles. The lowest BCUT2D eigenvalue weighted by molar-refractivity contribution is -0.143. The Morgan fingerprint density at radius 3 is 2.48 bits per heavy atom. The van der Waals surface area contributed by atoms with Crippen LogP contribution in [0.3, 0.4) is 0 Å². The molecule has 0 aromatic heterocycles. The molecular weight excluding hydrogens is 272 g/mol. The summed E-state index contributed by atoms with van der Waals surface area (Å²) in [5.74, 6) is -1.39. The fourth-order valence-corrected chi connectivity index (χ4v) is 2.35. The van der Waals surface area contributed by atoms with E-state index in [0.717, 1.165) is 0 Å². The summed E-state index contributed by atoms with van der Waals surface area (Å²) in [6.45, 7) is 2.27. The summed E-state index contributed by atoms with van der Waals surface area (Å²) in [6.07, 6.45) is 1.29. The molecule has 2 amide bonds. The molecule has 0 bridgehead atoms. The number of urea groups is 1. The second-order valence-electron chi connectivity index (χ2n) is 5.19. The molecule has 1 heterocycles. The standard InChI is InChI=1S/C15H18N2O4/c1-10(18)11-4-6-13(7-5-11)16-15(21)17-8-2-3-12(9-17)14(19)20/h4-7,12H,2-3,8-9H2,1H3,(H,16,21)(H,19,20)/t12-/m1/s1. The third-order valence-corrected chi connectivity index (χ3v) is 3.60. The van der Waals surface area contributed by atoms with Gasteiger partial charge in [-0.2, -0.15) is 0 Å². The van der Waals surface area contributed by atoms with E-state index < -0.39 is 11.9 Å². The van der Waals surface area contributed by atoms with Gasteiger partial charge in [0.2, 0.25) is 0 Å². The van der Waals surface area contributed by atoms with Gasteiger partial charge in [-0.25, -0.2) is 4.79 Å². The Bertz CT molecular complexity index is 553. The van der Waals surface area contributed by atoms with Gasteiger partial charge in [0.15, 0.2) is 5.78 Å². The van der Waals surface area contributed by atoms with Crippen molar-refractivity contribution in [1.29, 1.82) is 0 Å². The Kier molecular flexibility index (Phi) is 4.57. The van der Waals surface area contributed by atoms with E-state index in [-0.39, 0.29) is 18.4 Å². The maximum Gasteiger partial charge on any atom is 0.321 e. The van der Waals surface area contributed by atoms with Gasteiger partial charge in [0, 0.05) is 24.3 Å². The van der Waals surface area contributed by atoms with E-state index in [9.17, 15) is 14.4 Å². The first kappa shape index (κ1) is 15.0. The minimum absolute atomic E-state index is 0.0341. The molecule has 1 aliphatic heterocycles. The van der Waals surface area contributed by atoms with Gasteiger partial charge >= 0.3 is 12.0 Å². The molecule has 1 aliphatic rings. The van der Waals surface area contributed by atoms with Crippen LogP contribution in [0.15, 0.2) is 24.3 Å². The zero-order valence-corrected chi connectivity index (χ0v) is 11.8. The van der Waals surface area contributed by atoms with Gasteiger partial charge in [-0.3, -0.25) is 9.59 Å². The summed E-state index contributed by atoms with van der Waals surface area (Å²) in [5.41, 5.74) is 1.17. The molecule has 0 unspecified atom stereocenters. The lowest BCUT2D eigenvalue weighted by Gasteiger charge is -2.30. The van der Waals surface area contributed by atoms with Crippen LogP contribution in [0.5, 0.6) is 0 Å². The van der Waals surface area contributed by atoms with E-state index in [4.69, 9.17) is 5.11 Å². The number of hydrogen-bond acceptors (Lipinski definition) is 3.